The number of aliphatic hydroxyl groups is 2. The largest absolute Gasteiger partial charge is 0.377 e. The average Bonchev–Trinajstić information content (AvgIpc) is 2.86. The lowest BCUT2D eigenvalue weighted by molar-refractivity contribution is -0.266. The quantitative estimate of drug-likeness (QED) is 0.552. The van der Waals surface area contributed by atoms with Crippen molar-refractivity contribution in [1.29, 1.82) is 0 Å². The minimum Gasteiger partial charge on any atom is -0.377 e. The van der Waals surface area contributed by atoms with Gasteiger partial charge in [-0.2, -0.15) is 0 Å². The van der Waals surface area contributed by atoms with Crippen LogP contribution in [0.25, 0.3) is 0 Å². The van der Waals surface area contributed by atoms with Crippen molar-refractivity contribution in [2.24, 2.45) is 34.5 Å². The van der Waals surface area contributed by atoms with Gasteiger partial charge >= 0.3 is 0 Å². The first-order valence-corrected chi connectivity index (χ1v) is 11.1. The van der Waals surface area contributed by atoms with Crippen LogP contribution >= 0.6 is 0 Å². The van der Waals surface area contributed by atoms with Gasteiger partial charge < -0.3 is 14.9 Å². The van der Waals surface area contributed by atoms with Crippen LogP contribution in [0.5, 0.6) is 0 Å². The molecule has 4 aliphatic carbocycles. The molecule has 0 amide bonds. The monoisotopic (exact) mass is 374 g/mol. The molecular formula is C24H38O3. The molecule has 0 saturated heterocycles. The number of hydrogen-bond acceptors (Lipinski definition) is 3. The summed E-state index contributed by atoms with van der Waals surface area (Å²) in [5.74, 6) is 3.72. The van der Waals surface area contributed by atoms with Crippen molar-refractivity contribution in [3.8, 4) is 12.3 Å². The molecule has 0 bridgehead atoms. The van der Waals surface area contributed by atoms with Gasteiger partial charge in [-0.25, -0.2) is 0 Å². The van der Waals surface area contributed by atoms with E-state index in [1.54, 1.807) is 13.8 Å². The summed E-state index contributed by atoms with van der Waals surface area (Å²) in [5.41, 5.74) is -0.852. The number of fused-ring (bicyclic) bond motifs is 5. The Balaban J connectivity index is 1.74. The van der Waals surface area contributed by atoms with Crippen LogP contribution in [0.2, 0.25) is 0 Å². The minimum atomic E-state index is -1.12. The van der Waals surface area contributed by atoms with E-state index in [9.17, 15) is 10.2 Å². The fourth-order valence-corrected chi connectivity index (χ4v) is 7.98. The highest BCUT2D eigenvalue weighted by Crippen LogP contribution is 2.68. The Bertz CT molecular complexity index is 631. The molecule has 0 aromatic carbocycles. The molecule has 0 aromatic rings. The summed E-state index contributed by atoms with van der Waals surface area (Å²) in [5, 5.41) is 21.7. The first-order valence-electron chi connectivity index (χ1n) is 11.1. The third kappa shape index (κ3) is 2.82. The summed E-state index contributed by atoms with van der Waals surface area (Å²) in [6, 6.07) is 0. The summed E-state index contributed by atoms with van der Waals surface area (Å²) >= 11 is 0. The molecule has 0 aliphatic heterocycles. The van der Waals surface area contributed by atoms with E-state index < -0.39 is 11.4 Å². The third-order valence-corrected chi connectivity index (χ3v) is 9.41. The van der Waals surface area contributed by atoms with Gasteiger partial charge in [-0.3, -0.25) is 0 Å². The Morgan fingerprint density at radius 2 is 1.74 bits per heavy atom. The zero-order chi connectivity index (χ0) is 19.7. The second-order valence-corrected chi connectivity index (χ2v) is 11.1. The molecule has 4 saturated carbocycles. The van der Waals surface area contributed by atoms with Gasteiger partial charge in [0.15, 0.2) is 5.79 Å². The number of rotatable bonds is 2. The maximum atomic E-state index is 11.2. The predicted molar refractivity (Wildman–Crippen MR) is 107 cm³/mol. The van der Waals surface area contributed by atoms with Gasteiger partial charge in [0.2, 0.25) is 0 Å². The molecule has 4 fully saturated rings. The van der Waals surface area contributed by atoms with Gasteiger partial charge in [-0.05, 0) is 87.9 Å². The first-order chi connectivity index (χ1) is 12.5. The van der Waals surface area contributed by atoms with Crippen molar-refractivity contribution in [3.63, 3.8) is 0 Å². The van der Waals surface area contributed by atoms with Crippen LogP contribution in [0.4, 0.5) is 0 Å². The van der Waals surface area contributed by atoms with E-state index in [-0.39, 0.29) is 11.5 Å². The highest BCUT2D eigenvalue weighted by Gasteiger charge is 2.66. The number of ether oxygens (including phenoxy) is 1. The fourth-order valence-electron chi connectivity index (χ4n) is 7.98. The van der Waals surface area contributed by atoms with Crippen molar-refractivity contribution in [1.82, 2.24) is 0 Å². The molecule has 0 heterocycles. The van der Waals surface area contributed by atoms with Crippen molar-refractivity contribution in [2.75, 3.05) is 0 Å². The molecule has 0 aromatic heterocycles. The Morgan fingerprint density at radius 1 is 1.04 bits per heavy atom. The molecule has 0 radical (unpaired) electrons. The zero-order valence-electron chi connectivity index (χ0n) is 17.6. The van der Waals surface area contributed by atoms with E-state index in [0.29, 0.717) is 35.5 Å². The SMILES string of the molecule is C#CC1(O)CCC2C3C(OC(C)(C)O)CC4CCCCC4(C)C3CCC21C. The molecule has 3 heteroatoms. The second-order valence-electron chi connectivity index (χ2n) is 11.1. The van der Waals surface area contributed by atoms with E-state index >= 15 is 0 Å². The molecule has 2 N–H and O–H groups in total. The highest BCUT2D eigenvalue weighted by atomic mass is 16.6. The summed E-state index contributed by atoms with van der Waals surface area (Å²) < 4.78 is 6.32. The lowest BCUT2D eigenvalue weighted by atomic mass is 9.44. The molecule has 8 atom stereocenters. The summed E-state index contributed by atoms with van der Waals surface area (Å²) in [7, 11) is 0. The summed E-state index contributed by atoms with van der Waals surface area (Å²) in [4.78, 5) is 0. The maximum Gasteiger partial charge on any atom is 0.160 e. The van der Waals surface area contributed by atoms with Gasteiger partial charge in [0.1, 0.15) is 5.60 Å². The molecule has 0 spiro atoms. The standard InChI is InChI=1S/C24H38O3/c1-6-24(26)14-11-18-20-17(10-13-23(18,24)5)22(4)12-8-7-9-16(22)15-19(20)27-21(2,3)25/h1,16-20,25-26H,7-15H2,2-5H3. The Labute approximate surface area is 165 Å². The van der Waals surface area contributed by atoms with Gasteiger partial charge in [-0.1, -0.05) is 32.6 Å². The molecule has 8 unspecified atom stereocenters. The van der Waals surface area contributed by atoms with E-state index in [1.807, 2.05) is 0 Å². The Hall–Kier alpha value is -0.560. The van der Waals surface area contributed by atoms with Gasteiger partial charge in [0.05, 0.1) is 6.10 Å². The lowest BCUT2D eigenvalue weighted by Gasteiger charge is -2.63. The molecule has 4 rings (SSSR count). The Morgan fingerprint density at radius 3 is 2.41 bits per heavy atom. The van der Waals surface area contributed by atoms with Crippen LogP contribution < -0.4 is 0 Å². The summed E-state index contributed by atoms with van der Waals surface area (Å²) in [6.45, 7) is 8.26. The highest BCUT2D eigenvalue weighted by molar-refractivity contribution is 5.24. The number of terminal acetylenes is 1. The van der Waals surface area contributed by atoms with Crippen molar-refractivity contribution in [3.05, 3.63) is 0 Å². The van der Waals surface area contributed by atoms with Crippen molar-refractivity contribution >= 4 is 0 Å². The second kappa shape index (κ2) is 6.22. The molecule has 152 valence electrons. The van der Waals surface area contributed by atoms with Gasteiger partial charge in [-0.15, -0.1) is 6.42 Å². The molecule has 27 heavy (non-hydrogen) atoms. The van der Waals surface area contributed by atoms with Gasteiger partial charge in [0.25, 0.3) is 0 Å². The van der Waals surface area contributed by atoms with Crippen LogP contribution in [-0.4, -0.2) is 27.7 Å². The van der Waals surface area contributed by atoms with E-state index in [4.69, 9.17) is 11.2 Å². The zero-order valence-corrected chi connectivity index (χ0v) is 17.6. The van der Waals surface area contributed by atoms with Crippen LogP contribution in [0, 0.1) is 46.8 Å². The van der Waals surface area contributed by atoms with Crippen molar-refractivity contribution < 1.29 is 14.9 Å². The fraction of sp³-hybridized carbons (Fsp3) is 0.917. The van der Waals surface area contributed by atoms with Crippen LogP contribution in [0.1, 0.15) is 85.5 Å². The molecule has 3 nitrogen and oxygen atoms in total. The minimum absolute atomic E-state index is 0.0657. The van der Waals surface area contributed by atoms with Crippen LogP contribution in [0.3, 0.4) is 0 Å². The predicted octanol–water partition coefficient (Wildman–Crippen LogP) is 4.51. The number of hydrogen-bond donors (Lipinski definition) is 2. The average molecular weight is 375 g/mol. The van der Waals surface area contributed by atoms with Gasteiger partial charge in [0, 0.05) is 5.41 Å². The van der Waals surface area contributed by atoms with Crippen LogP contribution in [-0.2, 0) is 4.74 Å². The van der Waals surface area contributed by atoms with Crippen molar-refractivity contribution in [2.45, 2.75) is 103 Å². The first kappa shape index (κ1) is 19.7. The van der Waals surface area contributed by atoms with Crippen LogP contribution in [0.15, 0.2) is 0 Å². The molecular weight excluding hydrogens is 336 g/mol. The maximum absolute atomic E-state index is 11.2. The smallest absolute Gasteiger partial charge is 0.160 e. The van der Waals surface area contributed by atoms with E-state index in [1.165, 1.54) is 25.7 Å². The lowest BCUT2D eigenvalue weighted by Crippen LogP contribution is -2.60. The third-order valence-electron chi connectivity index (χ3n) is 9.41. The topological polar surface area (TPSA) is 49.7 Å². The normalized spacial score (nSPS) is 52.4. The Kier molecular flexibility index (Phi) is 4.55. The van der Waals surface area contributed by atoms with E-state index in [0.717, 1.165) is 25.7 Å². The molecule has 4 aliphatic rings. The van der Waals surface area contributed by atoms with E-state index in [2.05, 4.69) is 19.8 Å². The summed E-state index contributed by atoms with van der Waals surface area (Å²) in [6.07, 6.45) is 16.0.